The summed E-state index contributed by atoms with van der Waals surface area (Å²) >= 11 is 0. The van der Waals surface area contributed by atoms with Gasteiger partial charge in [-0.25, -0.2) is 18.2 Å². The molecule has 1 aliphatic rings. The van der Waals surface area contributed by atoms with Crippen molar-refractivity contribution in [3.05, 3.63) is 56.5 Å². The van der Waals surface area contributed by atoms with Crippen LogP contribution in [0.15, 0.2) is 38.8 Å². The maximum atomic E-state index is 13.0. The van der Waals surface area contributed by atoms with Crippen LogP contribution in [0.1, 0.15) is 30.1 Å². The van der Waals surface area contributed by atoms with Crippen molar-refractivity contribution in [3.63, 3.8) is 0 Å². The molecule has 1 saturated heterocycles. The molecule has 10 heteroatoms. The number of hydrogen-bond donors (Lipinski definition) is 1. The van der Waals surface area contributed by atoms with Crippen molar-refractivity contribution in [2.24, 2.45) is 14.1 Å². The number of sulfonamides is 1. The van der Waals surface area contributed by atoms with Crippen LogP contribution in [0, 0.1) is 6.92 Å². The van der Waals surface area contributed by atoms with Crippen LogP contribution in [-0.2, 0) is 24.1 Å². The number of aryl methyl sites for hydroxylation is 2. The van der Waals surface area contributed by atoms with Gasteiger partial charge in [0.25, 0.3) is 5.56 Å². The van der Waals surface area contributed by atoms with Gasteiger partial charge in [0.05, 0.1) is 4.90 Å². The molecule has 2 aromatic heterocycles. The van der Waals surface area contributed by atoms with E-state index >= 15 is 0 Å². The minimum absolute atomic E-state index is 0.184. The van der Waals surface area contributed by atoms with Crippen molar-refractivity contribution in [3.8, 4) is 0 Å². The van der Waals surface area contributed by atoms with E-state index in [4.69, 9.17) is 0 Å². The minimum atomic E-state index is -3.61. The Labute approximate surface area is 167 Å². The number of H-pyrrole nitrogens is 1. The number of nitrogens with zero attached hydrogens (tertiary/aromatic N) is 4. The van der Waals surface area contributed by atoms with Crippen LogP contribution in [0.3, 0.4) is 0 Å². The lowest BCUT2D eigenvalue weighted by molar-refractivity contribution is 0.310. The van der Waals surface area contributed by atoms with E-state index in [1.807, 2.05) is 6.92 Å². The van der Waals surface area contributed by atoms with Crippen LogP contribution < -0.4 is 11.2 Å². The summed E-state index contributed by atoms with van der Waals surface area (Å²) in [6.45, 7) is 2.62. The zero-order chi connectivity index (χ0) is 20.9. The first-order valence-electron chi connectivity index (χ1n) is 9.42. The van der Waals surface area contributed by atoms with Crippen molar-refractivity contribution in [1.29, 1.82) is 0 Å². The maximum absolute atomic E-state index is 13.0. The Morgan fingerprint density at radius 3 is 2.48 bits per heavy atom. The molecule has 0 amide bonds. The van der Waals surface area contributed by atoms with Gasteiger partial charge >= 0.3 is 5.69 Å². The van der Waals surface area contributed by atoms with Gasteiger partial charge in [0, 0.05) is 33.1 Å². The molecule has 0 aliphatic carbocycles. The van der Waals surface area contributed by atoms with E-state index in [1.165, 1.54) is 15.9 Å². The van der Waals surface area contributed by atoms with Crippen molar-refractivity contribution < 1.29 is 8.42 Å². The molecule has 9 nitrogen and oxygen atoms in total. The lowest BCUT2D eigenvalue weighted by Crippen LogP contribution is -2.39. The molecule has 0 radical (unpaired) electrons. The Morgan fingerprint density at radius 2 is 1.79 bits per heavy atom. The largest absolute Gasteiger partial charge is 0.336 e. The molecule has 154 valence electrons. The molecule has 4 rings (SSSR count). The van der Waals surface area contributed by atoms with Crippen molar-refractivity contribution >= 4 is 21.2 Å². The van der Waals surface area contributed by atoms with Gasteiger partial charge in [-0.05, 0) is 31.9 Å². The van der Waals surface area contributed by atoms with Crippen molar-refractivity contribution in [2.45, 2.75) is 30.6 Å². The zero-order valence-electron chi connectivity index (χ0n) is 16.5. The molecule has 1 atom stereocenters. The number of aromatic nitrogens is 4. The molecule has 29 heavy (non-hydrogen) atoms. The average molecular weight is 417 g/mol. The first kappa shape index (κ1) is 19.6. The van der Waals surface area contributed by atoms with Gasteiger partial charge in [-0.1, -0.05) is 17.7 Å². The van der Waals surface area contributed by atoms with Crippen LogP contribution in [0.2, 0.25) is 0 Å². The van der Waals surface area contributed by atoms with Crippen molar-refractivity contribution in [1.82, 2.24) is 23.4 Å². The van der Waals surface area contributed by atoms with E-state index < -0.39 is 21.3 Å². The number of aromatic amines is 1. The van der Waals surface area contributed by atoms with Gasteiger partial charge in [0.2, 0.25) is 10.0 Å². The number of rotatable bonds is 3. The van der Waals surface area contributed by atoms with Crippen molar-refractivity contribution in [2.75, 3.05) is 13.1 Å². The third-order valence-corrected chi connectivity index (χ3v) is 7.42. The van der Waals surface area contributed by atoms with Gasteiger partial charge in [0.1, 0.15) is 11.3 Å². The van der Waals surface area contributed by atoms with E-state index in [2.05, 4.69) is 9.97 Å². The van der Waals surface area contributed by atoms with E-state index in [1.54, 1.807) is 31.3 Å². The quantitative estimate of drug-likeness (QED) is 0.679. The first-order valence-corrected chi connectivity index (χ1v) is 10.9. The molecule has 0 spiro atoms. The van der Waals surface area contributed by atoms with Gasteiger partial charge in [-0.3, -0.25) is 13.9 Å². The molecule has 1 unspecified atom stereocenters. The fraction of sp³-hybridized carbons (Fsp3) is 0.421. The van der Waals surface area contributed by atoms with E-state index in [0.717, 1.165) is 16.6 Å². The molecular formula is C19H23N5O4S. The van der Waals surface area contributed by atoms with Crippen LogP contribution in [0.4, 0.5) is 0 Å². The lowest BCUT2D eigenvalue weighted by Gasteiger charge is -2.31. The number of imidazole rings is 1. The van der Waals surface area contributed by atoms with Gasteiger partial charge in [-0.2, -0.15) is 4.31 Å². The standard InChI is InChI=1S/C19H23N5O4S/c1-12-6-8-14(9-7-12)29(27,28)24-10-4-5-13(11-24)16-20-15-17(21-16)22(2)19(26)23(3)18(15)25/h6-9,13H,4-5,10-11H2,1-3H3,(H,20,21). The zero-order valence-corrected chi connectivity index (χ0v) is 17.4. The Bertz CT molecular complexity index is 1300. The highest BCUT2D eigenvalue weighted by Gasteiger charge is 2.32. The van der Waals surface area contributed by atoms with E-state index in [0.29, 0.717) is 18.8 Å². The maximum Gasteiger partial charge on any atom is 0.332 e. The summed E-state index contributed by atoms with van der Waals surface area (Å²) in [6, 6.07) is 6.80. The second-order valence-electron chi connectivity index (χ2n) is 7.54. The van der Waals surface area contributed by atoms with Crippen LogP contribution >= 0.6 is 0 Å². The summed E-state index contributed by atoms with van der Waals surface area (Å²) in [6.07, 6.45) is 1.43. The summed E-state index contributed by atoms with van der Waals surface area (Å²) < 4.78 is 29.9. The fourth-order valence-electron chi connectivity index (χ4n) is 3.78. The Balaban J connectivity index is 1.69. The fourth-order valence-corrected chi connectivity index (χ4v) is 5.30. The Kier molecular flexibility index (Phi) is 4.70. The van der Waals surface area contributed by atoms with Crippen LogP contribution in [-0.4, -0.2) is 44.9 Å². The Hall–Kier alpha value is -2.72. The molecule has 0 saturated carbocycles. The normalized spacial score (nSPS) is 18.4. The van der Waals surface area contributed by atoms with Crippen LogP contribution in [0.5, 0.6) is 0 Å². The number of fused-ring (bicyclic) bond motifs is 1. The highest BCUT2D eigenvalue weighted by Crippen LogP contribution is 2.29. The highest BCUT2D eigenvalue weighted by atomic mass is 32.2. The van der Waals surface area contributed by atoms with Gasteiger partial charge < -0.3 is 4.98 Å². The van der Waals surface area contributed by atoms with Crippen LogP contribution in [0.25, 0.3) is 11.2 Å². The first-order chi connectivity index (χ1) is 13.7. The third kappa shape index (κ3) is 3.22. The second kappa shape index (κ2) is 6.96. The monoisotopic (exact) mass is 417 g/mol. The van der Waals surface area contributed by atoms with Gasteiger partial charge in [-0.15, -0.1) is 0 Å². The smallest absolute Gasteiger partial charge is 0.332 e. The highest BCUT2D eigenvalue weighted by molar-refractivity contribution is 7.89. The molecule has 3 heterocycles. The molecule has 1 fully saturated rings. The topological polar surface area (TPSA) is 110 Å². The lowest BCUT2D eigenvalue weighted by atomic mass is 9.99. The SMILES string of the molecule is Cc1ccc(S(=O)(=O)N2CCCC(c3nc4c([nH]3)c(=O)n(C)c(=O)n4C)C2)cc1. The summed E-state index contributed by atoms with van der Waals surface area (Å²) in [4.78, 5) is 32.3. The van der Waals surface area contributed by atoms with E-state index in [9.17, 15) is 18.0 Å². The predicted octanol–water partition coefficient (Wildman–Crippen LogP) is 0.837. The molecule has 1 aliphatic heterocycles. The number of hydrogen-bond acceptors (Lipinski definition) is 5. The molecular weight excluding hydrogens is 394 g/mol. The summed E-state index contributed by atoms with van der Waals surface area (Å²) in [7, 11) is -0.632. The molecule has 1 N–H and O–H groups in total. The number of benzene rings is 1. The summed E-state index contributed by atoms with van der Waals surface area (Å²) in [5.74, 6) is 0.346. The molecule has 1 aromatic carbocycles. The molecule has 0 bridgehead atoms. The number of nitrogens with one attached hydrogen (secondary N) is 1. The number of piperidine rings is 1. The minimum Gasteiger partial charge on any atom is -0.336 e. The predicted molar refractivity (Wildman–Crippen MR) is 108 cm³/mol. The Morgan fingerprint density at radius 1 is 1.10 bits per heavy atom. The molecule has 3 aromatic rings. The average Bonchev–Trinajstić information content (AvgIpc) is 3.17. The van der Waals surface area contributed by atoms with Gasteiger partial charge in [0.15, 0.2) is 5.65 Å². The third-order valence-electron chi connectivity index (χ3n) is 5.54. The summed E-state index contributed by atoms with van der Waals surface area (Å²) in [5, 5.41) is 0. The summed E-state index contributed by atoms with van der Waals surface area (Å²) in [5.41, 5.74) is 0.638. The van der Waals surface area contributed by atoms with E-state index in [-0.39, 0.29) is 28.5 Å². The second-order valence-corrected chi connectivity index (χ2v) is 9.48.